The van der Waals surface area contributed by atoms with Crippen LogP contribution in [0.5, 0.6) is 0 Å². The Morgan fingerprint density at radius 2 is 2.38 bits per heavy atom. The van der Waals surface area contributed by atoms with E-state index in [0.717, 1.165) is 18.8 Å². The lowest BCUT2D eigenvalue weighted by Gasteiger charge is -2.10. The van der Waals surface area contributed by atoms with Crippen molar-refractivity contribution in [1.82, 2.24) is 4.98 Å². The second kappa shape index (κ2) is 5.04. The van der Waals surface area contributed by atoms with Gasteiger partial charge in [0.2, 0.25) is 0 Å². The lowest BCUT2D eigenvalue weighted by atomic mass is 10.2. The Morgan fingerprint density at radius 3 is 2.92 bits per heavy atom. The lowest BCUT2D eigenvalue weighted by Crippen LogP contribution is -2.28. The molecule has 1 rings (SSSR count). The Morgan fingerprint density at radius 1 is 1.62 bits per heavy atom. The second-order valence-electron chi connectivity index (χ2n) is 2.91. The van der Waals surface area contributed by atoms with Crippen molar-refractivity contribution in [2.75, 3.05) is 11.9 Å². The van der Waals surface area contributed by atoms with E-state index in [1.165, 1.54) is 0 Å². The Kier molecular flexibility index (Phi) is 3.99. The lowest BCUT2D eigenvalue weighted by molar-refractivity contribution is 0.678. The maximum atomic E-state index is 5.73. The largest absolute Gasteiger partial charge is 0.369 e. The first-order valence-corrected chi connectivity index (χ1v) is 4.71. The summed E-state index contributed by atoms with van der Waals surface area (Å²) in [6.45, 7) is 2.80. The molecule has 13 heavy (non-hydrogen) atoms. The highest BCUT2D eigenvalue weighted by Crippen LogP contribution is 2.09. The quantitative estimate of drug-likeness (QED) is 0.779. The third kappa shape index (κ3) is 3.61. The van der Waals surface area contributed by atoms with Crippen LogP contribution in [0.25, 0.3) is 0 Å². The molecule has 0 spiro atoms. The van der Waals surface area contributed by atoms with Gasteiger partial charge < -0.3 is 11.1 Å². The van der Waals surface area contributed by atoms with E-state index in [2.05, 4.69) is 17.2 Å². The normalized spacial score (nSPS) is 12.5. The average molecular weight is 200 g/mol. The molecule has 1 heterocycles. The van der Waals surface area contributed by atoms with E-state index in [9.17, 15) is 0 Å². The van der Waals surface area contributed by atoms with Crippen LogP contribution in [0.15, 0.2) is 18.3 Å². The van der Waals surface area contributed by atoms with Crippen LogP contribution in [0.1, 0.15) is 13.3 Å². The third-order valence-electron chi connectivity index (χ3n) is 1.80. The van der Waals surface area contributed by atoms with Gasteiger partial charge in [-0.2, -0.15) is 0 Å². The smallest absolute Gasteiger partial charge is 0.126 e. The number of pyridine rings is 1. The summed E-state index contributed by atoms with van der Waals surface area (Å²) in [4.78, 5) is 4.09. The van der Waals surface area contributed by atoms with Gasteiger partial charge in [-0.05, 0) is 18.6 Å². The summed E-state index contributed by atoms with van der Waals surface area (Å²) in [5.74, 6) is 0.813. The molecule has 1 aromatic rings. The molecule has 0 aliphatic carbocycles. The van der Waals surface area contributed by atoms with Gasteiger partial charge in [0.1, 0.15) is 5.82 Å². The van der Waals surface area contributed by atoms with Crippen LogP contribution in [-0.4, -0.2) is 17.6 Å². The van der Waals surface area contributed by atoms with Gasteiger partial charge >= 0.3 is 0 Å². The number of hydrogen-bond acceptors (Lipinski definition) is 3. The van der Waals surface area contributed by atoms with Crippen LogP contribution in [-0.2, 0) is 0 Å². The molecule has 0 saturated carbocycles. The molecular weight excluding hydrogens is 186 g/mol. The van der Waals surface area contributed by atoms with E-state index in [0.29, 0.717) is 5.02 Å². The van der Waals surface area contributed by atoms with Crippen molar-refractivity contribution in [3.05, 3.63) is 23.4 Å². The molecule has 3 nitrogen and oxygen atoms in total. The Bertz CT molecular complexity index is 248. The van der Waals surface area contributed by atoms with Crippen LogP contribution >= 0.6 is 11.6 Å². The molecule has 4 heteroatoms. The highest BCUT2D eigenvalue weighted by Gasteiger charge is 1.98. The van der Waals surface area contributed by atoms with Gasteiger partial charge in [0.05, 0.1) is 5.02 Å². The minimum atomic E-state index is 0.178. The summed E-state index contributed by atoms with van der Waals surface area (Å²) in [7, 11) is 0. The number of anilines is 1. The zero-order chi connectivity index (χ0) is 9.68. The van der Waals surface area contributed by atoms with Crippen LogP contribution < -0.4 is 11.1 Å². The molecule has 72 valence electrons. The Hall–Kier alpha value is -0.800. The van der Waals surface area contributed by atoms with Crippen LogP contribution in [0, 0.1) is 0 Å². The number of aromatic nitrogens is 1. The van der Waals surface area contributed by atoms with Gasteiger partial charge in [0, 0.05) is 18.8 Å². The predicted octanol–water partition coefficient (Wildman–Crippen LogP) is 1.88. The number of halogens is 1. The molecule has 0 bridgehead atoms. The molecule has 0 unspecified atom stereocenters. The van der Waals surface area contributed by atoms with Crippen molar-refractivity contribution in [2.24, 2.45) is 5.73 Å². The molecule has 0 aliphatic heterocycles. The predicted molar refractivity (Wildman–Crippen MR) is 56.0 cm³/mol. The standard InChI is InChI=1S/C9H14ClN3/c1-2-8(11)6-13-9-4-3-7(10)5-12-9/h3-5,8H,2,6,11H2,1H3,(H,12,13)/t8-/m0/s1. The number of rotatable bonds is 4. The van der Waals surface area contributed by atoms with Crippen molar-refractivity contribution in [2.45, 2.75) is 19.4 Å². The Labute approximate surface area is 83.3 Å². The number of hydrogen-bond donors (Lipinski definition) is 2. The van der Waals surface area contributed by atoms with E-state index in [1.807, 2.05) is 6.07 Å². The fourth-order valence-corrected chi connectivity index (χ4v) is 0.972. The van der Waals surface area contributed by atoms with Crippen LogP contribution in [0.2, 0.25) is 5.02 Å². The highest BCUT2D eigenvalue weighted by molar-refractivity contribution is 6.30. The van der Waals surface area contributed by atoms with E-state index >= 15 is 0 Å². The molecule has 1 atom stereocenters. The fourth-order valence-electron chi connectivity index (χ4n) is 0.860. The van der Waals surface area contributed by atoms with Crippen molar-refractivity contribution in [1.29, 1.82) is 0 Å². The number of nitrogens with two attached hydrogens (primary N) is 1. The first kappa shape index (κ1) is 10.3. The summed E-state index contributed by atoms with van der Waals surface area (Å²) >= 11 is 5.69. The maximum absolute atomic E-state index is 5.73. The summed E-state index contributed by atoms with van der Waals surface area (Å²) in [6, 6.07) is 3.82. The molecule has 0 saturated heterocycles. The van der Waals surface area contributed by atoms with Crippen molar-refractivity contribution >= 4 is 17.4 Å². The molecule has 0 fully saturated rings. The first-order chi connectivity index (χ1) is 6.22. The molecule has 0 radical (unpaired) electrons. The van der Waals surface area contributed by atoms with Crippen molar-refractivity contribution in [3.8, 4) is 0 Å². The minimum absolute atomic E-state index is 0.178. The Balaban J connectivity index is 2.41. The van der Waals surface area contributed by atoms with E-state index < -0.39 is 0 Å². The topological polar surface area (TPSA) is 50.9 Å². The van der Waals surface area contributed by atoms with E-state index in [1.54, 1.807) is 12.3 Å². The first-order valence-electron chi connectivity index (χ1n) is 4.33. The van der Waals surface area contributed by atoms with E-state index in [-0.39, 0.29) is 6.04 Å². The summed E-state index contributed by atoms with van der Waals surface area (Å²) in [5, 5.41) is 3.77. The molecular formula is C9H14ClN3. The maximum Gasteiger partial charge on any atom is 0.126 e. The van der Waals surface area contributed by atoms with E-state index in [4.69, 9.17) is 17.3 Å². The van der Waals surface area contributed by atoms with Gasteiger partial charge in [0.15, 0.2) is 0 Å². The molecule has 1 aromatic heterocycles. The molecule has 3 N–H and O–H groups in total. The van der Waals surface area contributed by atoms with Crippen LogP contribution in [0.4, 0.5) is 5.82 Å². The zero-order valence-corrected chi connectivity index (χ0v) is 8.38. The second-order valence-corrected chi connectivity index (χ2v) is 3.35. The third-order valence-corrected chi connectivity index (χ3v) is 2.02. The number of nitrogens with one attached hydrogen (secondary N) is 1. The van der Waals surface area contributed by atoms with Crippen LogP contribution in [0.3, 0.4) is 0 Å². The monoisotopic (exact) mass is 199 g/mol. The molecule has 0 aromatic carbocycles. The van der Waals surface area contributed by atoms with Gasteiger partial charge in [0.25, 0.3) is 0 Å². The molecule has 0 aliphatic rings. The molecule has 0 amide bonds. The number of nitrogens with zero attached hydrogens (tertiary/aromatic N) is 1. The van der Waals surface area contributed by atoms with Crippen molar-refractivity contribution in [3.63, 3.8) is 0 Å². The van der Waals surface area contributed by atoms with Gasteiger partial charge in [-0.1, -0.05) is 18.5 Å². The van der Waals surface area contributed by atoms with Gasteiger partial charge in [-0.25, -0.2) is 4.98 Å². The van der Waals surface area contributed by atoms with Gasteiger partial charge in [-0.3, -0.25) is 0 Å². The highest BCUT2D eigenvalue weighted by atomic mass is 35.5. The average Bonchev–Trinajstić information content (AvgIpc) is 2.16. The zero-order valence-electron chi connectivity index (χ0n) is 7.63. The fraction of sp³-hybridized carbons (Fsp3) is 0.444. The summed E-state index contributed by atoms with van der Waals surface area (Å²) < 4.78 is 0. The van der Waals surface area contributed by atoms with Gasteiger partial charge in [-0.15, -0.1) is 0 Å². The SMILES string of the molecule is CC[C@H](N)CNc1ccc(Cl)cn1. The summed E-state index contributed by atoms with van der Waals surface area (Å²) in [5.41, 5.74) is 5.73. The summed E-state index contributed by atoms with van der Waals surface area (Å²) in [6.07, 6.45) is 2.57. The van der Waals surface area contributed by atoms with Crippen molar-refractivity contribution < 1.29 is 0 Å². The minimum Gasteiger partial charge on any atom is -0.369 e.